The number of nitrogens with one attached hydrogen (secondary N) is 2. The second-order valence-electron chi connectivity index (χ2n) is 6.20. The van der Waals surface area contributed by atoms with Crippen LogP contribution in [-0.2, 0) is 19.6 Å². The number of hydrogen-bond acceptors (Lipinski definition) is 5. The molecule has 9 heteroatoms. The van der Waals surface area contributed by atoms with Crippen molar-refractivity contribution >= 4 is 33.2 Å². The molecule has 8 nitrogen and oxygen atoms in total. The van der Waals surface area contributed by atoms with E-state index in [1.807, 2.05) is 0 Å². The lowest BCUT2D eigenvalue weighted by Crippen LogP contribution is -2.35. The molecule has 150 valence electrons. The molecule has 0 radical (unpaired) electrons. The van der Waals surface area contributed by atoms with Crippen molar-refractivity contribution in [2.45, 2.75) is 18.7 Å². The van der Waals surface area contributed by atoms with Gasteiger partial charge in [0.05, 0.1) is 18.6 Å². The zero-order valence-corrected chi connectivity index (χ0v) is 17.0. The minimum absolute atomic E-state index is 0.0776. The lowest BCUT2D eigenvalue weighted by molar-refractivity contribution is -0.116. The van der Waals surface area contributed by atoms with Gasteiger partial charge in [-0.1, -0.05) is 6.07 Å². The Morgan fingerprint density at radius 1 is 1.07 bits per heavy atom. The molecular formula is C19H23N3O5S. The van der Waals surface area contributed by atoms with Gasteiger partial charge in [0.15, 0.2) is 0 Å². The highest BCUT2D eigenvalue weighted by atomic mass is 32.2. The number of carbonyl (C=O) groups excluding carboxylic acids is 2. The summed E-state index contributed by atoms with van der Waals surface area (Å²) in [6.45, 7) is 2.76. The summed E-state index contributed by atoms with van der Waals surface area (Å²) in [5, 5.41) is 5.24. The van der Waals surface area contributed by atoms with E-state index < -0.39 is 15.9 Å². The first-order valence-corrected chi connectivity index (χ1v) is 9.86. The number of ether oxygens (including phenoxy) is 1. The summed E-state index contributed by atoms with van der Waals surface area (Å²) in [5.74, 6) is -0.154. The first-order chi connectivity index (χ1) is 13.1. The predicted octanol–water partition coefficient (Wildman–Crippen LogP) is 2.22. The number of amides is 2. The van der Waals surface area contributed by atoms with Crippen molar-refractivity contribution in [3.63, 3.8) is 0 Å². The van der Waals surface area contributed by atoms with Crippen LogP contribution in [0, 0.1) is 6.92 Å². The largest absolute Gasteiger partial charge is 0.496 e. The maximum Gasteiger partial charge on any atom is 0.243 e. The second kappa shape index (κ2) is 8.85. The molecule has 0 spiro atoms. The van der Waals surface area contributed by atoms with Gasteiger partial charge in [-0.25, -0.2) is 8.42 Å². The molecule has 2 aromatic rings. The Morgan fingerprint density at radius 2 is 1.71 bits per heavy atom. The molecule has 2 aromatic carbocycles. The molecule has 0 unspecified atom stereocenters. The Morgan fingerprint density at radius 3 is 2.29 bits per heavy atom. The Bertz CT molecular complexity index is 989. The van der Waals surface area contributed by atoms with Gasteiger partial charge in [0.2, 0.25) is 21.8 Å². The van der Waals surface area contributed by atoms with Crippen LogP contribution in [0.1, 0.15) is 12.5 Å². The maximum absolute atomic E-state index is 12.7. The second-order valence-corrected chi connectivity index (χ2v) is 8.25. The van der Waals surface area contributed by atoms with Gasteiger partial charge in [-0.3, -0.25) is 9.59 Å². The monoisotopic (exact) mass is 405 g/mol. The number of carbonyl (C=O) groups is 2. The van der Waals surface area contributed by atoms with Crippen LogP contribution in [0.4, 0.5) is 11.4 Å². The van der Waals surface area contributed by atoms with Gasteiger partial charge < -0.3 is 15.4 Å². The minimum Gasteiger partial charge on any atom is -0.496 e. The van der Waals surface area contributed by atoms with Crippen molar-refractivity contribution in [1.29, 1.82) is 0 Å². The van der Waals surface area contributed by atoms with E-state index in [0.29, 0.717) is 22.7 Å². The van der Waals surface area contributed by atoms with Crippen molar-refractivity contribution in [2.24, 2.45) is 0 Å². The van der Waals surface area contributed by atoms with Crippen LogP contribution >= 0.6 is 0 Å². The van der Waals surface area contributed by atoms with Gasteiger partial charge in [0.25, 0.3) is 0 Å². The standard InChI is InChI=1S/C19H23N3O5S/c1-13-10-17(8-9-18(13)27-4)28(25,26)22(3)12-19(24)21-16-7-5-6-15(11-16)20-14(2)23/h5-11H,12H2,1-4H3,(H,20,23)(H,21,24). The highest BCUT2D eigenvalue weighted by Gasteiger charge is 2.23. The molecule has 0 heterocycles. The van der Waals surface area contributed by atoms with Crippen molar-refractivity contribution in [2.75, 3.05) is 31.3 Å². The van der Waals surface area contributed by atoms with E-state index in [-0.39, 0.29) is 17.3 Å². The summed E-state index contributed by atoms with van der Waals surface area (Å²) in [6.07, 6.45) is 0. The summed E-state index contributed by atoms with van der Waals surface area (Å²) < 4.78 is 31.5. The minimum atomic E-state index is -3.84. The summed E-state index contributed by atoms with van der Waals surface area (Å²) in [7, 11) is -0.995. The van der Waals surface area contributed by atoms with Crippen LogP contribution in [0.2, 0.25) is 0 Å². The predicted molar refractivity (Wildman–Crippen MR) is 107 cm³/mol. The quantitative estimate of drug-likeness (QED) is 0.735. The number of nitrogens with zero attached hydrogens (tertiary/aromatic N) is 1. The van der Waals surface area contributed by atoms with Crippen molar-refractivity contribution in [3.05, 3.63) is 48.0 Å². The third-order valence-corrected chi connectivity index (χ3v) is 5.71. The average Bonchev–Trinajstić information content (AvgIpc) is 2.61. The Balaban J connectivity index is 2.09. The number of benzene rings is 2. The van der Waals surface area contributed by atoms with E-state index >= 15 is 0 Å². The number of anilines is 2. The molecule has 0 fully saturated rings. The first kappa shape index (κ1) is 21.4. The Kier molecular flexibility index (Phi) is 6.76. The number of methoxy groups -OCH3 is 1. The molecule has 2 amide bonds. The maximum atomic E-state index is 12.7. The van der Waals surface area contributed by atoms with E-state index in [9.17, 15) is 18.0 Å². The molecule has 28 heavy (non-hydrogen) atoms. The highest BCUT2D eigenvalue weighted by Crippen LogP contribution is 2.23. The van der Waals surface area contributed by atoms with Gasteiger partial charge in [-0.2, -0.15) is 4.31 Å². The fourth-order valence-corrected chi connectivity index (χ4v) is 3.77. The van der Waals surface area contributed by atoms with E-state index in [1.165, 1.54) is 33.2 Å². The number of rotatable bonds is 7. The lowest BCUT2D eigenvalue weighted by Gasteiger charge is -2.18. The zero-order valence-electron chi connectivity index (χ0n) is 16.1. The summed E-state index contributed by atoms with van der Waals surface area (Å²) in [4.78, 5) is 23.5. The molecule has 0 bridgehead atoms. The van der Waals surface area contributed by atoms with Crippen LogP contribution < -0.4 is 15.4 Å². The normalized spacial score (nSPS) is 11.2. The van der Waals surface area contributed by atoms with Gasteiger partial charge in [0.1, 0.15) is 5.75 Å². The van der Waals surface area contributed by atoms with Crippen LogP contribution in [0.3, 0.4) is 0 Å². The molecule has 0 saturated heterocycles. The fourth-order valence-electron chi connectivity index (χ4n) is 2.56. The summed E-state index contributed by atoms with van der Waals surface area (Å²) in [5.41, 5.74) is 1.65. The smallest absolute Gasteiger partial charge is 0.243 e. The van der Waals surface area contributed by atoms with E-state index in [1.54, 1.807) is 37.3 Å². The molecule has 0 aliphatic carbocycles. The van der Waals surface area contributed by atoms with E-state index in [4.69, 9.17) is 4.74 Å². The van der Waals surface area contributed by atoms with Crippen molar-refractivity contribution in [3.8, 4) is 5.75 Å². The summed E-state index contributed by atoms with van der Waals surface area (Å²) in [6, 6.07) is 11.1. The van der Waals surface area contributed by atoms with Crippen LogP contribution in [-0.4, -0.2) is 45.2 Å². The highest BCUT2D eigenvalue weighted by molar-refractivity contribution is 7.89. The lowest BCUT2D eigenvalue weighted by atomic mass is 10.2. The average molecular weight is 405 g/mol. The zero-order chi connectivity index (χ0) is 20.9. The van der Waals surface area contributed by atoms with Crippen molar-refractivity contribution in [1.82, 2.24) is 4.31 Å². The number of hydrogen-bond donors (Lipinski definition) is 2. The number of sulfonamides is 1. The first-order valence-electron chi connectivity index (χ1n) is 8.42. The molecule has 2 rings (SSSR count). The van der Waals surface area contributed by atoms with Crippen molar-refractivity contribution < 1.29 is 22.7 Å². The molecule has 2 N–H and O–H groups in total. The van der Waals surface area contributed by atoms with Gasteiger partial charge in [0, 0.05) is 25.3 Å². The van der Waals surface area contributed by atoms with Gasteiger partial charge in [-0.05, 0) is 48.9 Å². The molecule has 0 atom stereocenters. The molecule has 0 aromatic heterocycles. The van der Waals surface area contributed by atoms with Crippen LogP contribution in [0.15, 0.2) is 47.4 Å². The Labute approximate surface area is 164 Å². The molecule has 0 saturated carbocycles. The van der Waals surface area contributed by atoms with Crippen LogP contribution in [0.25, 0.3) is 0 Å². The SMILES string of the molecule is COc1ccc(S(=O)(=O)N(C)CC(=O)Nc2cccc(NC(C)=O)c2)cc1C. The Hall–Kier alpha value is -2.91. The molecule has 0 aliphatic rings. The third kappa shape index (κ3) is 5.30. The molecule has 0 aliphatic heterocycles. The van der Waals surface area contributed by atoms with E-state index in [0.717, 1.165) is 4.31 Å². The summed E-state index contributed by atoms with van der Waals surface area (Å²) >= 11 is 0. The topological polar surface area (TPSA) is 105 Å². The molecular weight excluding hydrogens is 382 g/mol. The van der Waals surface area contributed by atoms with Gasteiger partial charge in [-0.15, -0.1) is 0 Å². The third-order valence-electron chi connectivity index (χ3n) is 3.91. The van der Waals surface area contributed by atoms with Gasteiger partial charge >= 0.3 is 0 Å². The fraction of sp³-hybridized carbons (Fsp3) is 0.263. The van der Waals surface area contributed by atoms with E-state index in [2.05, 4.69) is 10.6 Å². The number of likely N-dealkylation sites (N-methyl/N-ethyl adjacent to an activating group) is 1. The number of aryl methyl sites for hydroxylation is 1. The van der Waals surface area contributed by atoms with Crippen LogP contribution in [0.5, 0.6) is 5.75 Å².